The molecule has 0 saturated carbocycles. The molecule has 1 aromatic carbocycles. The molecule has 0 radical (unpaired) electrons. The summed E-state index contributed by atoms with van der Waals surface area (Å²) in [4.78, 5) is 2.38. The molecule has 1 aliphatic rings. The Morgan fingerprint density at radius 1 is 0.929 bits per heavy atom. The molecule has 0 spiro atoms. The van der Waals surface area contributed by atoms with Crippen LogP contribution in [0.1, 0.15) is 19.3 Å². The van der Waals surface area contributed by atoms with Crippen molar-refractivity contribution in [3.8, 4) is 5.75 Å². The number of anilines is 1. The number of piperidine rings is 1. The second-order valence-corrected chi connectivity index (χ2v) is 3.56. The van der Waals surface area contributed by atoms with Gasteiger partial charge in [0.1, 0.15) is 5.75 Å². The van der Waals surface area contributed by atoms with Crippen LogP contribution in [0.25, 0.3) is 0 Å². The van der Waals surface area contributed by atoms with Crippen molar-refractivity contribution in [3.05, 3.63) is 24.3 Å². The highest BCUT2D eigenvalue weighted by Crippen LogP contribution is 2.21. The van der Waals surface area contributed by atoms with Gasteiger partial charge in [0.15, 0.2) is 0 Å². The highest BCUT2D eigenvalue weighted by molar-refractivity contribution is 5.85. The second kappa shape index (κ2) is 5.11. The Kier molecular flexibility index (Phi) is 4.08. The standard InChI is InChI=1S/C11H15NO.ClH/c13-11-6-4-10(5-7-11)12-8-2-1-3-9-12;/h4-7,13H,1-3,8-9H2;1H. The predicted octanol–water partition coefficient (Wildman–Crippen LogP) is 2.80. The number of phenolic OH excluding ortho intramolecular Hbond substituents is 1. The maximum absolute atomic E-state index is 9.14. The Morgan fingerprint density at radius 3 is 2.07 bits per heavy atom. The van der Waals surface area contributed by atoms with E-state index < -0.39 is 0 Å². The van der Waals surface area contributed by atoms with E-state index in [1.165, 1.54) is 24.9 Å². The molecule has 0 unspecified atom stereocenters. The quantitative estimate of drug-likeness (QED) is 0.776. The minimum absolute atomic E-state index is 0. The van der Waals surface area contributed by atoms with Crippen molar-refractivity contribution in [2.24, 2.45) is 0 Å². The molecule has 2 nitrogen and oxygen atoms in total. The van der Waals surface area contributed by atoms with Gasteiger partial charge in [0, 0.05) is 18.8 Å². The van der Waals surface area contributed by atoms with Crippen molar-refractivity contribution in [3.63, 3.8) is 0 Å². The Hall–Kier alpha value is -0.890. The van der Waals surface area contributed by atoms with Crippen LogP contribution in [0, 0.1) is 0 Å². The van der Waals surface area contributed by atoms with Gasteiger partial charge in [0.25, 0.3) is 0 Å². The van der Waals surface area contributed by atoms with Crippen LogP contribution in [0.2, 0.25) is 0 Å². The molecular formula is C11H16ClNO. The van der Waals surface area contributed by atoms with E-state index in [4.69, 9.17) is 5.11 Å². The highest BCUT2D eigenvalue weighted by atomic mass is 35.5. The molecule has 0 aromatic heterocycles. The SMILES string of the molecule is Cl.Oc1ccc(N2CCCCC2)cc1. The minimum Gasteiger partial charge on any atom is -0.508 e. The molecule has 1 heterocycles. The van der Waals surface area contributed by atoms with Crippen molar-refractivity contribution >= 4 is 18.1 Å². The summed E-state index contributed by atoms with van der Waals surface area (Å²) in [6, 6.07) is 7.48. The first-order valence-electron chi connectivity index (χ1n) is 4.90. The van der Waals surface area contributed by atoms with Crippen LogP contribution < -0.4 is 4.90 Å². The third kappa shape index (κ3) is 2.55. The third-order valence-electron chi connectivity index (χ3n) is 2.57. The summed E-state index contributed by atoms with van der Waals surface area (Å²) in [6.07, 6.45) is 3.94. The molecule has 3 heteroatoms. The van der Waals surface area contributed by atoms with Gasteiger partial charge in [-0.1, -0.05) is 0 Å². The number of nitrogens with zero attached hydrogens (tertiary/aromatic N) is 1. The van der Waals surface area contributed by atoms with Crippen LogP contribution in [0.4, 0.5) is 5.69 Å². The monoisotopic (exact) mass is 213 g/mol. The molecule has 0 aliphatic carbocycles. The topological polar surface area (TPSA) is 23.5 Å². The summed E-state index contributed by atoms with van der Waals surface area (Å²) >= 11 is 0. The molecule has 1 saturated heterocycles. The van der Waals surface area contributed by atoms with Crippen molar-refractivity contribution in [1.29, 1.82) is 0 Å². The number of rotatable bonds is 1. The van der Waals surface area contributed by atoms with Crippen LogP contribution in [0.15, 0.2) is 24.3 Å². The minimum atomic E-state index is 0. The summed E-state index contributed by atoms with van der Waals surface area (Å²) < 4.78 is 0. The van der Waals surface area contributed by atoms with E-state index in [1.807, 2.05) is 12.1 Å². The fourth-order valence-electron chi connectivity index (χ4n) is 1.82. The van der Waals surface area contributed by atoms with Crippen LogP contribution in [-0.4, -0.2) is 18.2 Å². The number of hydrogen-bond donors (Lipinski definition) is 1. The molecule has 1 N–H and O–H groups in total. The summed E-state index contributed by atoms with van der Waals surface area (Å²) in [7, 11) is 0. The Labute approximate surface area is 91.0 Å². The van der Waals surface area contributed by atoms with E-state index in [9.17, 15) is 0 Å². The highest BCUT2D eigenvalue weighted by Gasteiger charge is 2.09. The van der Waals surface area contributed by atoms with Crippen molar-refractivity contribution < 1.29 is 5.11 Å². The number of phenols is 1. The van der Waals surface area contributed by atoms with E-state index in [2.05, 4.69) is 4.90 Å². The lowest BCUT2D eigenvalue weighted by Gasteiger charge is -2.28. The van der Waals surface area contributed by atoms with E-state index in [0.717, 1.165) is 13.1 Å². The number of hydrogen-bond acceptors (Lipinski definition) is 2. The zero-order chi connectivity index (χ0) is 9.10. The Bertz CT molecular complexity index is 267. The maximum atomic E-state index is 9.14. The average Bonchev–Trinajstić information content (AvgIpc) is 2.20. The van der Waals surface area contributed by atoms with Crippen LogP contribution in [0.3, 0.4) is 0 Å². The van der Waals surface area contributed by atoms with Gasteiger partial charge in [-0.3, -0.25) is 0 Å². The van der Waals surface area contributed by atoms with Crippen molar-refractivity contribution in [2.75, 3.05) is 18.0 Å². The average molecular weight is 214 g/mol. The molecule has 1 aromatic rings. The van der Waals surface area contributed by atoms with Crippen LogP contribution in [0.5, 0.6) is 5.75 Å². The zero-order valence-corrected chi connectivity index (χ0v) is 8.96. The van der Waals surface area contributed by atoms with Gasteiger partial charge < -0.3 is 10.0 Å². The van der Waals surface area contributed by atoms with Crippen LogP contribution >= 0.6 is 12.4 Å². The predicted molar refractivity (Wildman–Crippen MR) is 61.4 cm³/mol. The molecule has 0 amide bonds. The molecular weight excluding hydrogens is 198 g/mol. The molecule has 0 atom stereocenters. The number of halogens is 1. The second-order valence-electron chi connectivity index (χ2n) is 3.56. The first kappa shape index (κ1) is 11.2. The Morgan fingerprint density at radius 2 is 1.50 bits per heavy atom. The number of aromatic hydroxyl groups is 1. The van der Waals surface area contributed by atoms with Gasteiger partial charge in [0.2, 0.25) is 0 Å². The summed E-state index contributed by atoms with van der Waals surface area (Å²) in [5, 5.41) is 9.14. The summed E-state index contributed by atoms with van der Waals surface area (Å²) in [6.45, 7) is 2.32. The third-order valence-corrected chi connectivity index (χ3v) is 2.57. The molecule has 1 fully saturated rings. The van der Waals surface area contributed by atoms with Crippen molar-refractivity contribution in [2.45, 2.75) is 19.3 Å². The molecule has 78 valence electrons. The van der Waals surface area contributed by atoms with E-state index in [1.54, 1.807) is 12.1 Å². The first-order valence-corrected chi connectivity index (χ1v) is 4.90. The zero-order valence-electron chi connectivity index (χ0n) is 8.15. The van der Waals surface area contributed by atoms with E-state index >= 15 is 0 Å². The summed E-state index contributed by atoms with van der Waals surface area (Å²) in [5.74, 6) is 0.348. The van der Waals surface area contributed by atoms with Gasteiger partial charge in [-0.15, -0.1) is 12.4 Å². The lowest BCUT2D eigenvalue weighted by molar-refractivity contribution is 0.475. The number of benzene rings is 1. The largest absolute Gasteiger partial charge is 0.508 e. The van der Waals surface area contributed by atoms with Gasteiger partial charge >= 0.3 is 0 Å². The van der Waals surface area contributed by atoms with Gasteiger partial charge in [-0.2, -0.15) is 0 Å². The fourth-order valence-corrected chi connectivity index (χ4v) is 1.82. The molecule has 14 heavy (non-hydrogen) atoms. The Balaban J connectivity index is 0.000000980. The van der Waals surface area contributed by atoms with Gasteiger partial charge in [-0.05, 0) is 43.5 Å². The molecule has 0 bridgehead atoms. The molecule has 2 rings (SSSR count). The van der Waals surface area contributed by atoms with E-state index in [-0.39, 0.29) is 12.4 Å². The fraction of sp³-hybridized carbons (Fsp3) is 0.455. The van der Waals surface area contributed by atoms with Crippen molar-refractivity contribution in [1.82, 2.24) is 0 Å². The van der Waals surface area contributed by atoms with Gasteiger partial charge in [-0.25, -0.2) is 0 Å². The first-order chi connectivity index (χ1) is 6.36. The van der Waals surface area contributed by atoms with E-state index in [0.29, 0.717) is 5.75 Å². The maximum Gasteiger partial charge on any atom is 0.115 e. The summed E-state index contributed by atoms with van der Waals surface area (Å²) in [5.41, 5.74) is 1.23. The molecule has 1 aliphatic heterocycles. The van der Waals surface area contributed by atoms with Crippen LogP contribution in [-0.2, 0) is 0 Å². The smallest absolute Gasteiger partial charge is 0.115 e. The lowest BCUT2D eigenvalue weighted by atomic mass is 10.1. The van der Waals surface area contributed by atoms with Gasteiger partial charge in [0.05, 0.1) is 0 Å². The lowest BCUT2D eigenvalue weighted by Crippen LogP contribution is -2.29. The normalized spacial score (nSPS) is 16.1.